The van der Waals surface area contributed by atoms with E-state index in [9.17, 15) is 23.7 Å². The fourth-order valence-electron chi connectivity index (χ4n) is 3.51. The van der Waals surface area contributed by atoms with Gasteiger partial charge in [0.05, 0.1) is 17.0 Å². The number of carbonyl (C=O) groups is 1. The van der Waals surface area contributed by atoms with Gasteiger partial charge >= 0.3 is 0 Å². The number of carbonyl (C=O) groups excluding carboxylic acids is 1. The molecule has 0 atom stereocenters. The number of rotatable bonds is 6. The third-order valence-corrected chi connectivity index (χ3v) is 4.98. The Morgan fingerprint density at radius 1 is 1.11 bits per heavy atom. The number of hydrogen-bond acceptors (Lipinski definition) is 3. The van der Waals surface area contributed by atoms with E-state index in [0.717, 1.165) is 25.7 Å². The van der Waals surface area contributed by atoms with Crippen molar-refractivity contribution in [3.63, 3.8) is 0 Å². The quantitative estimate of drug-likeness (QED) is 0.405. The lowest BCUT2D eigenvalue weighted by Gasteiger charge is -2.28. The van der Waals surface area contributed by atoms with Crippen molar-refractivity contribution in [2.24, 2.45) is 0 Å². The van der Waals surface area contributed by atoms with E-state index in [4.69, 9.17) is 0 Å². The van der Waals surface area contributed by atoms with E-state index in [1.807, 2.05) is 0 Å². The highest BCUT2D eigenvalue weighted by Crippen LogP contribution is 2.27. The van der Waals surface area contributed by atoms with Gasteiger partial charge in [0.2, 0.25) is 5.91 Å². The predicted molar refractivity (Wildman–Crippen MR) is 101 cm³/mol. The second kappa shape index (κ2) is 8.73. The fraction of sp³-hybridized carbons (Fsp3) is 0.286. The normalized spacial score (nSPS) is 14.5. The first-order valence-corrected chi connectivity index (χ1v) is 9.12. The van der Waals surface area contributed by atoms with Crippen molar-refractivity contribution in [3.8, 4) is 0 Å². The Hall–Kier alpha value is -3.09. The van der Waals surface area contributed by atoms with Crippen molar-refractivity contribution in [1.29, 1.82) is 0 Å². The minimum Gasteiger partial charge on any atom is -0.332 e. The van der Waals surface area contributed by atoms with Crippen molar-refractivity contribution in [1.82, 2.24) is 4.90 Å². The molecule has 0 spiro atoms. The zero-order chi connectivity index (χ0) is 20.1. The summed E-state index contributed by atoms with van der Waals surface area (Å²) in [6.45, 7) is -0.177. The molecule has 0 saturated heterocycles. The molecule has 1 aliphatic rings. The van der Waals surface area contributed by atoms with Gasteiger partial charge in [0.25, 0.3) is 5.69 Å². The lowest BCUT2D eigenvalue weighted by molar-refractivity contribution is -0.385. The van der Waals surface area contributed by atoms with Crippen LogP contribution in [0.25, 0.3) is 6.08 Å². The van der Waals surface area contributed by atoms with Crippen LogP contribution in [0.4, 0.5) is 14.5 Å². The van der Waals surface area contributed by atoms with Gasteiger partial charge in [-0.3, -0.25) is 14.9 Å². The standard InChI is InChI=1S/C21H20F2N2O3/c22-18-9-5-10-19(23)17(18)14-24(16-7-2-3-8-16)21(26)13-12-15-6-1-4-11-20(15)25(27)28/h1,4-6,9-13,16H,2-3,7-8,14H2/b13-12+. The van der Waals surface area contributed by atoms with Crippen LogP contribution in [0.15, 0.2) is 48.5 Å². The molecule has 146 valence electrons. The Kier molecular flexibility index (Phi) is 6.13. The van der Waals surface area contributed by atoms with Crippen LogP contribution < -0.4 is 0 Å². The smallest absolute Gasteiger partial charge is 0.276 e. The topological polar surface area (TPSA) is 63.4 Å². The summed E-state index contributed by atoms with van der Waals surface area (Å²) in [5.41, 5.74) is 0.0326. The molecular formula is C21H20F2N2O3. The van der Waals surface area contributed by atoms with Gasteiger partial charge in [-0.1, -0.05) is 31.0 Å². The van der Waals surface area contributed by atoms with E-state index in [2.05, 4.69) is 0 Å². The number of nitro benzene ring substituents is 1. The molecule has 2 aromatic carbocycles. The van der Waals surface area contributed by atoms with Crippen molar-refractivity contribution in [2.75, 3.05) is 0 Å². The molecular weight excluding hydrogens is 366 g/mol. The average Bonchev–Trinajstić information content (AvgIpc) is 3.20. The summed E-state index contributed by atoms with van der Waals surface area (Å²) in [6.07, 6.45) is 6.03. The Labute approximate surface area is 161 Å². The second-order valence-electron chi connectivity index (χ2n) is 6.75. The molecule has 1 amide bonds. The van der Waals surface area contributed by atoms with Gasteiger partial charge in [0.15, 0.2) is 0 Å². The molecule has 0 aliphatic heterocycles. The molecule has 3 rings (SSSR count). The summed E-state index contributed by atoms with van der Waals surface area (Å²) in [6, 6.07) is 9.58. The van der Waals surface area contributed by atoms with Crippen molar-refractivity contribution < 1.29 is 18.5 Å². The maximum absolute atomic E-state index is 14.1. The maximum Gasteiger partial charge on any atom is 0.276 e. The monoisotopic (exact) mass is 386 g/mol. The van der Waals surface area contributed by atoms with E-state index in [-0.39, 0.29) is 23.8 Å². The van der Waals surface area contributed by atoms with Crippen LogP contribution in [-0.4, -0.2) is 21.8 Å². The van der Waals surface area contributed by atoms with Crippen molar-refractivity contribution in [2.45, 2.75) is 38.3 Å². The Morgan fingerprint density at radius 2 is 1.75 bits per heavy atom. The van der Waals surface area contributed by atoms with E-state index >= 15 is 0 Å². The summed E-state index contributed by atoms with van der Waals surface area (Å²) >= 11 is 0. The largest absolute Gasteiger partial charge is 0.332 e. The first-order chi connectivity index (χ1) is 13.5. The van der Waals surface area contributed by atoms with Crippen LogP contribution in [0.5, 0.6) is 0 Å². The molecule has 0 unspecified atom stereocenters. The van der Waals surface area contributed by atoms with Crippen LogP contribution in [-0.2, 0) is 11.3 Å². The summed E-state index contributed by atoms with van der Waals surface area (Å²) in [5.74, 6) is -1.82. The molecule has 0 bridgehead atoms. The Balaban J connectivity index is 1.86. The first-order valence-electron chi connectivity index (χ1n) is 9.12. The molecule has 2 aromatic rings. The van der Waals surface area contributed by atoms with Crippen LogP contribution in [0.2, 0.25) is 0 Å². The fourth-order valence-corrected chi connectivity index (χ4v) is 3.51. The number of halogens is 2. The molecule has 0 radical (unpaired) electrons. The van der Waals surface area contributed by atoms with Gasteiger partial charge in [-0.25, -0.2) is 8.78 Å². The van der Waals surface area contributed by atoms with Crippen molar-refractivity contribution >= 4 is 17.7 Å². The number of benzene rings is 2. The first kappa shape index (κ1) is 19.7. The minimum atomic E-state index is -0.696. The van der Waals surface area contributed by atoms with Gasteiger partial charge in [0, 0.05) is 23.7 Å². The molecule has 0 N–H and O–H groups in total. The van der Waals surface area contributed by atoms with E-state index in [0.29, 0.717) is 5.56 Å². The van der Waals surface area contributed by atoms with Gasteiger partial charge < -0.3 is 4.90 Å². The Bertz CT molecular complexity index is 888. The molecule has 1 aliphatic carbocycles. The molecule has 5 nitrogen and oxygen atoms in total. The minimum absolute atomic E-state index is 0.109. The van der Waals surface area contributed by atoms with Crippen LogP contribution in [0.1, 0.15) is 36.8 Å². The second-order valence-corrected chi connectivity index (χ2v) is 6.75. The van der Waals surface area contributed by atoms with E-state index in [1.54, 1.807) is 18.2 Å². The summed E-state index contributed by atoms with van der Waals surface area (Å²) in [4.78, 5) is 24.9. The number of nitrogens with zero attached hydrogens (tertiary/aromatic N) is 2. The SMILES string of the molecule is O=C(/C=C/c1ccccc1[N+](=O)[O-])N(Cc1c(F)cccc1F)C1CCCC1. The van der Waals surface area contributed by atoms with E-state index < -0.39 is 22.5 Å². The highest BCUT2D eigenvalue weighted by molar-refractivity contribution is 5.92. The van der Waals surface area contributed by atoms with Crippen LogP contribution in [0, 0.1) is 21.7 Å². The number of para-hydroxylation sites is 1. The summed E-state index contributed by atoms with van der Waals surface area (Å²) in [7, 11) is 0. The zero-order valence-corrected chi connectivity index (χ0v) is 15.2. The lowest BCUT2D eigenvalue weighted by atomic mass is 10.1. The number of hydrogen-bond donors (Lipinski definition) is 0. The molecule has 0 heterocycles. The maximum atomic E-state index is 14.1. The molecule has 28 heavy (non-hydrogen) atoms. The zero-order valence-electron chi connectivity index (χ0n) is 15.2. The third kappa shape index (κ3) is 4.42. The summed E-state index contributed by atoms with van der Waals surface area (Å²) < 4.78 is 28.2. The van der Waals surface area contributed by atoms with Crippen LogP contribution in [0.3, 0.4) is 0 Å². The number of amides is 1. The van der Waals surface area contributed by atoms with Gasteiger partial charge in [-0.2, -0.15) is 0 Å². The van der Waals surface area contributed by atoms with Gasteiger partial charge in [0.1, 0.15) is 11.6 Å². The summed E-state index contributed by atoms with van der Waals surface area (Å²) in [5, 5.41) is 11.1. The van der Waals surface area contributed by atoms with Gasteiger partial charge in [-0.15, -0.1) is 0 Å². The Morgan fingerprint density at radius 3 is 2.39 bits per heavy atom. The average molecular weight is 386 g/mol. The van der Waals surface area contributed by atoms with Gasteiger partial charge in [-0.05, 0) is 37.1 Å². The lowest BCUT2D eigenvalue weighted by Crippen LogP contribution is -2.37. The number of nitro groups is 1. The van der Waals surface area contributed by atoms with Crippen LogP contribution >= 0.6 is 0 Å². The molecule has 7 heteroatoms. The third-order valence-electron chi connectivity index (χ3n) is 4.98. The highest BCUT2D eigenvalue weighted by Gasteiger charge is 2.27. The van der Waals surface area contributed by atoms with Crippen molar-refractivity contribution in [3.05, 3.63) is 81.4 Å². The molecule has 1 saturated carbocycles. The van der Waals surface area contributed by atoms with E-state index in [1.165, 1.54) is 41.3 Å². The molecule has 0 aromatic heterocycles. The molecule has 1 fully saturated rings. The predicted octanol–water partition coefficient (Wildman–Crippen LogP) is 4.86. The highest BCUT2D eigenvalue weighted by atomic mass is 19.1.